The van der Waals surface area contributed by atoms with E-state index in [1.165, 1.54) is 11.3 Å². The fourth-order valence-electron chi connectivity index (χ4n) is 2.32. The van der Waals surface area contributed by atoms with Crippen molar-refractivity contribution in [3.63, 3.8) is 0 Å². The summed E-state index contributed by atoms with van der Waals surface area (Å²) >= 11 is 0. The zero-order chi connectivity index (χ0) is 13.0. The van der Waals surface area contributed by atoms with Gasteiger partial charge in [0.1, 0.15) is 0 Å². The predicted octanol–water partition coefficient (Wildman–Crippen LogP) is 1.72. The van der Waals surface area contributed by atoms with Crippen LogP contribution in [0.4, 0.5) is 5.69 Å². The summed E-state index contributed by atoms with van der Waals surface area (Å²) in [7, 11) is 0. The van der Waals surface area contributed by atoms with Gasteiger partial charge in [0.2, 0.25) is 0 Å². The number of aryl methyl sites for hydroxylation is 1. The van der Waals surface area contributed by atoms with Crippen molar-refractivity contribution in [2.45, 2.75) is 33.4 Å². The van der Waals surface area contributed by atoms with E-state index in [0.29, 0.717) is 6.04 Å². The smallest absolute Gasteiger partial charge is 0.0668 e. The van der Waals surface area contributed by atoms with Crippen molar-refractivity contribution < 1.29 is 4.74 Å². The first-order chi connectivity index (χ1) is 8.72. The highest BCUT2D eigenvalue weighted by atomic mass is 16.5. The van der Waals surface area contributed by atoms with Crippen LogP contribution in [0.1, 0.15) is 25.1 Å². The quantitative estimate of drug-likeness (QED) is 0.882. The molecular formula is C14H23N3O. The number of nitrogens with zero attached hydrogens (tertiary/aromatic N) is 2. The number of rotatable bonds is 4. The summed E-state index contributed by atoms with van der Waals surface area (Å²) in [6.45, 7) is 10.8. The van der Waals surface area contributed by atoms with Crippen molar-refractivity contribution in [2.75, 3.05) is 31.2 Å². The minimum absolute atomic E-state index is 0.431. The molecule has 2 heterocycles. The summed E-state index contributed by atoms with van der Waals surface area (Å²) in [5.41, 5.74) is 3.65. The number of ether oxygens (including phenoxy) is 1. The maximum atomic E-state index is 5.51. The first-order valence-corrected chi connectivity index (χ1v) is 6.73. The third-order valence-electron chi connectivity index (χ3n) is 3.34. The molecule has 4 nitrogen and oxygen atoms in total. The van der Waals surface area contributed by atoms with Gasteiger partial charge in [-0.25, -0.2) is 0 Å². The summed E-state index contributed by atoms with van der Waals surface area (Å²) in [6, 6.07) is 2.62. The van der Waals surface area contributed by atoms with Gasteiger partial charge in [-0.15, -0.1) is 0 Å². The minimum atomic E-state index is 0.431. The lowest BCUT2D eigenvalue weighted by atomic mass is 10.1. The van der Waals surface area contributed by atoms with Crippen LogP contribution >= 0.6 is 0 Å². The van der Waals surface area contributed by atoms with Crippen LogP contribution in [0.2, 0.25) is 0 Å². The number of aromatic nitrogens is 1. The summed E-state index contributed by atoms with van der Waals surface area (Å²) in [5, 5.41) is 3.38. The van der Waals surface area contributed by atoms with Gasteiger partial charge in [0, 0.05) is 42.3 Å². The molecule has 0 aliphatic carbocycles. The lowest BCUT2D eigenvalue weighted by Crippen LogP contribution is -2.44. The molecule has 18 heavy (non-hydrogen) atoms. The monoisotopic (exact) mass is 249 g/mol. The first-order valence-electron chi connectivity index (χ1n) is 6.73. The van der Waals surface area contributed by atoms with Gasteiger partial charge < -0.3 is 15.0 Å². The van der Waals surface area contributed by atoms with Crippen LogP contribution in [0.5, 0.6) is 0 Å². The minimum Gasteiger partial charge on any atom is -0.377 e. The van der Waals surface area contributed by atoms with E-state index in [9.17, 15) is 0 Å². The molecule has 1 aromatic heterocycles. The number of anilines is 1. The van der Waals surface area contributed by atoms with Crippen LogP contribution in [0.15, 0.2) is 12.3 Å². The molecule has 1 atom stereocenters. The van der Waals surface area contributed by atoms with Crippen LogP contribution in [0.3, 0.4) is 0 Å². The Labute approximate surface area is 109 Å². The van der Waals surface area contributed by atoms with Gasteiger partial charge in [-0.3, -0.25) is 4.98 Å². The fourth-order valence-corrected chi connectivity index (χ4v) is 2.32. The molecule has 1 fully saturated rings. The molecule has 0 amide bonds. The third-order valence-corrected chi connectivity index (χ3v) is 3.34. The second-order valence-electron chi connectivity index (χ2n) is 4.85. The standard InChI is InChI=1S/C14H23N3O/c1-4-15-8-13-9-16-11(2)7-14(13)17-5-6-18-10-12(17)3/h7,9,12,15H,4-6,8,10H2,1-3H3. The highest BCUT2D eigenvalue weighted by molar-refractivity contribution is 5.54. The Morgan fingerprint density at radius 2 is 2.39 bits per heavy atom. The molecule has 1 unspecified atom stereocenters. The fraction of sp³-hybridized carbons (Fsp3) is 0.643. The zero-order valence-electron chi connectivity index (χ0n) is 11.6. The highest BCUT2D eigenvalue weighted by Crippen LogP contribution is 2.24. The van der Waals surface area contributed by atoms with Crippen molar-refractivity contribution in [1.82, 2.24) is 10.3 Å². The molecule has 2 rings (SSSR count). The summed E-state index contributed by atoms with van der Waals surface area (Å²) < 4.78 is 5.51. The van der Waals surface area contributed by atoms with Gasteiger partial charge in [0.25, 0.3) is 0 Å². The van der Waals surface area contributed by atoms with Crippen LogP contribution in [-0.2, 0) is 11.3 Å². The van der Waals surface area contributed by atoms with Crippen molar-refractivity contribution in [1.29, 1.82) is 0 Å². The second-order valence-corrected chi connectivity index (χ2v) is 4.85. The first kappa shape index (κ1) is 13.3. The summed E-state index contributed by atoms with van der Waals surface area (Å²) in [4.78, 5) is 6.85. The molecule has 100 valence electrons. The average Bonchev–Trinajstić information content (AvgIpc) is 2.38. The van der Waals surface area contributed by atoms with E-state index in [-0.39, 0.29) is 0 Å². The van der Waals surface area contributed by atoms with Crippen molar-refractivity contribution in [3.05, 3.63) is 23.5 Å². The Hall–Kier alpha value is -1.13. The molecule has 1 aliphatic heterocycles. The Bertz CT molecular complexity index is 395. The van der Waals surface area contributed by atoms with Crippen LogP contribution < -0.4 is 10.2 Å². The third kappa shape index (κ3) is 3.00. The Balaban J connectivity index is 2.25. The molecule has 0 bridgehead atoms. The number of pyridine rings is 1. The van der Waals surface area contributed by atoms with E-state index >= 15 is 0 Å². The molecule has 0 saturated carbocycles. The predicted molar refractivity (Wildman–Crippen MR) is 74.0 cm³/mol. The lowest BCUT2D eigenvalue weighted by Gasteiger charge is -2.36. The largest absolute Gasteiger partial charge is 0.377 e. The Morgan fingerprint density at radius 1 is 1.56 bits per heavy atom. The van der Waals surface area contributed by atoms with E-state index < -0.39 is 0 Å². The number of hydrogen-bond acceptors (Lipinski definition) is 4. The molecule has 1 N–H and O–H groups in total. The molecule has 1 aromatic rings. The van der Waals surface area contributed by atoms with Gasteiger partial charge in [-0.2, -0.15) is 0 Å². The molecule has 0 spiro atoms. The number of nitrogens with one attached hydrogen (secondary N) is 1. The van der Waals surface area contributed by atoms with E-state index in [0.717, 1.165) is 38.5 Å². The molecule has 4 heteroatoms. The van der Waals surface area contributed by atoms with Crippen molar-refractivity contribution in [3.8, 4) is 0 Å². The van der Waals surface area contributed by atoms with Gasteiger partial charge in [-0.05, 0) is 26.5 Å². The van der Waals surface area contributed by atoms with Crippen LogP contribution in [0.25, 0.3) is 0 Å². The van der Waals surface area contributed by atoms with E-state index in [1.807, 2.05) is 13.1 Å². The number of hydrogen-bond donors (Lipinski definition) is 1. The molecule has 1 aliphatic rings. The van der Waals surface area contributed by atoms with E-state index in [2.05, 4.69) is 35.1 Å². The van der Waals surface area contributed by atoms with Crippen LogP contribution in [-0.4, -0.2) is 37.3 Å². The lowest BCUT2D eigenvalue weighted by molar-refractivity contribution is 0.0988. The highest BCUT2D eigenvalue weighted by Gasteiger charge is 2.21. The Kier molecular flexibility index (Phi) is 4.55. The van der Waals surface area contributed by atoms with Gasteiger partial charge in [0.15, 0.2) is 0 Å². The topological polar surface area (TPSA) is 37.4 Å². The molecule has 0 aromatic carbocycles. The summed E-state index contributed by atoms with van der Waals surface area (Å²) in [6.07, 6.45) is 2.00. The second kappa shape index (κ2) is 6.16. The van der Waals surface area contributed by atoms with E-state index in [4.69, 9.17) is 4.74 Å². The van der Waals surface area contributed by atoms with Gasteiger partial charge in [0.05, 0.1) is 13.2 Å². The van der Waals surface area contributed by atoms with Crippen molar-refractivity contribution >= 4 is 5.69 Å². The Morgan fingerprint density at radius 3 is 3.11 bits per heavy atom. The molecular weight excluding hydrogens is 226 g/mol. The normalized spacial score (nSPS) is 20.2. The van der Waals surface area contributed by atoms with Crippen LogP contribution in [0, 0.1) is 6.92 Å². The molecule has 1 saturated heterocycles. The number of morpholine rings is 1. The molecule has 0 radical (unpaired) electrons. The van der Waals surface area contributed by atoms with Gasteiger partial charge in [-0.1, -0.05) is 6.92 Å². The van der Waals surface area contributed by atoms with Crippen molar-refractivity contribution in [2.24, 2.45) is 0 Å². The maximum absolute atomic E-state index is 5.51. The average molecular weight is 249 g/mol. The SMILES string of the molecule is CCNCc1cnc(C)cc1N1CCOCC1C. The van der Waals surface area contributed by atoms with E-state index in [1.54, 1.807) is 0 Å². The zero-order valence-corrected chi connectivity index (χ0v) is 11.6. The maximum Gasteiger partial charge on any atom is 0.0668 e. The summed E-state index contributed by atoms with van der Waals surface area (Å²) in [5.74, 6) is 0. The van der Waals surface area contributed by atoms with Gasteiger partial charge >= 0.3 is 0 Å².